The van der Waals surface area contributed by atoms with E-state index in [0.29, 0.717) is 6.42 Å². The van der Waals surface area contributed by atoms with Gasteiger partial charge >= 0.3 is 0 Å². The lowest BCUT2D eigenvalue weighted by Crippen LogP contribution is -2.24. The van der Waals surface area contributed by atoms with Crippen molar-refractivity contribution in [2.24, 2.45) is 4.99 Å². The highest BCUT2D eigenvalue weighted by Gasteiger charge is 2.32. The number of hydrogen-bond donors (Lipinski definition) is 1. The van der Waals surface area contributed by atoms with Crippen molar-refractivity contribution in [3.8, 4) is 0 Å². The molecule has 1 aromatic rings. The van der Waals surface area contributed by atoms with Crippen LogP contribution in [-0.2, 0) is 5.60 Å². The van der Waals surface area contributed by atoms with E-state index in [1.54, 1.807) is 6.21 Å². The van der Waals surface area contributed by atoms with Gasteiger partial charge in [-0.1, -0.05) is 24.3 Å². The standard InChI is InChI=1S/C12H13NO/c1-2-3-8-12(14)9-13-11-7-5-4-6-10(11)12/h2,4-7,9,14H,1,3,8H2/t12-/m0/s1. The number of para-hydroxylation sites is 1. The van der Waals surface area contributed by atoms with Crippen molar-refractivity contribution in [2.75, 3.05) is 0 Å². The summed E-state index contributed by atoms with van der Waals surface area (Å²) in [6.07, 6.45) is 4.88. The van der Waals surface area contributed by atoms with Crippen LogP contribution in [0.25, 0.3) is 0 Å². The lowest BCUT2D eigenvalue weighted by Gasteiger charge is -2.19. The first-order chi connectivity index (χ1) is 6.76. The molecule has 1 heterocycles. The van der Waals surface area contributed by atoms with Gasteiger partial charge in [-0.2, -0.15) is 0 Å². The second kappa shape index (κ2) is 3.39. The highest BCUT2D eigenvalue weighted by molar-refractivity contribution is 5.83. The third kappa shape index (κ3) is 1.38. The SMILES string of the molecule is C=CCC[C@]1(O)C=Nc2ccccc21. The molecule has 1 aromatic carbocycles. The quantitative estimate of drug-likeness (QED) is 0.725. The van der Waals surface area contributed by atoms with E-state index in [1.165, 1.54) is 0 Å². The lowest BCUT2D eigenvalue weighted by molar-refractivity contribution is 0.111. The minimum Gasteiger partial charge on any atom is -0.379 e. The van der Waals surface area contributed by atoms with Gasteiger partial charge in [0.05, 0.1) is 5.69 Å². The molecule has 1 atom stereocenters. The van der Waals surface area contributed by atoms with Gasteiger partial charge in [0.1, 0.15) is 5.60 Å². The third-order valence-electron chi connectivity index (χ3n) is 2.52. The van der Waals surface area contributed by atoms with Crippen LogP contribution in [0.1, 0.15) is 18.4 Å². The van der Waals surface area contributed by atoms with Gasteiger partial charge < -0.3 is 5.11 Å². The average Bonchev–Trinajstić information content (AvgIpc) is 2.55. The molecule has 0 amide bonds. The Morgan fingerprint density at radius 1 is 1.43 bits per heavy atom. The van der Waals surface area contributed by atoms with Gasteiger partial charge in [0.15, 0.2) is 0 Å². The first-order valence-corrected chi connectivity index (χ1v) is 4.74. The summed E-state index contributed by atoms with van der Waals surface area (Å²) < 4.78 is 0. The number of aliphatic imine (C=N–C) groups is 1. The summed E-state index contributed by atoms with van der Waals surface area (Å²) in [5, 5.41) is 10.3. The topological polar surface area (TPSA) is 32.6 Å². The van der Waals surface area contributed by atoms with Crippen molar-refractivity contribution >= 4 is 11.9 Å². The Bertz CT molecular complexity index is 384. The Morgan fingerprint density at radius 2 is 2.21 bits per heavy atom. The van der Waals surface area contributed by atoms with Crippen molar-refractivity contribution < 1.29 is 5.11 Å². The number of rotatable bonds is 3. The highest BCUT2D eigenvalue weighted by atomic mass is 16.3. The Balaban J connectivity index is 2.32. The predicted molar refractivity (Wildman–Crippen MR) is 57.9 cm³/mol. The predicted octanol–water partition coefficient (Wildman–Crippen LogP) is 2.56. The van der Waals surface area contributed by atoms with E-state index >= 15 is 0 Å². The van der Waals surface area contributed by atoms with Gasteiger partial charge in [-0.15, -0.1) is 6.58 Å². The van der Waals surface area contributed by atoms with Crippen LogP contribution in [0.2, 0.25) is 0 Å². The molecule has 0 unspecified atom stereocenters. The number of hydrogen-bond acceptors (Lipinski definition) is 2. The van der Waals surface area contributed by atoms with Crippen molar-refractivity contribution in [1.82, 2.24) is 0 Å². The van der Waals surface area contributed by atoms with E-state index in [4.69, 9.17) is 0 Å². The first kappa shape index (κ1) is 9.16. The molecule has 1 aliphatic rings. The minimum atomic E-state index is -0.884. The van der Waals surface area contributed by atoms with Crippen LogP contribution in [0.4, 0.5) is 5.69 Å². The molecule has 0 saturated heterocycles. The average molecular weight is 187 g/mol. The van der Waals surface area contributed by atoms with Crippen LogP contribution in [0.5, 0.6) is 0 Å². The summed E-state index contributed by atoms with van der Waals surface area (Å²) >= 11 is 0. The highest BCUT2D eigenvalue weighted by Crippen LogP contribution is 2.37. The van der Waals surface area contributed by atoms with E-state index in [2.05, 4.69) is 11.6 Å². The maximum absolute atomic E-state index is 10.3. The Hall–Kier alpha value is -1.41. The van der Waals surface area contributed by atoms with Crippen LogP contribution in [0, 0.1) is 0 Å². The summed E-state index contributed by atoms with van der Waals surface area (Å²) in [5.74, 6) is 0. The Labute approximate surface area is 83.6 Å². The van der Waals surface area contributed by atoms with Gasteiger partial charge in [-0.25, -0.2) is 0 Å². The molecule has 2 rings (SSSR count). The number of aliphatic hydroxyl groups is 1. The van der Waals surface area contributed by atoms with E-state index in [-0.39, 0.29) is 0 Å². The van der Waals surface area contributed by atoms with Crippen molar-refractivity contribution in [2.45, 2.75) is 18.4 Å². The zero-order valence-electron chi connectivity index (χ0n) is 7.98. The van der Waals surface area contributed by atoms with E-state index in [0.717, 1.165) is 17.7 Å². The molecule has 0 aromatic heterocycles. The summed E-state index contributed by atoms with van der Waals surface area (Å²) in [6, 6.07) is 7.69. The number of allylic oxidation sites excluding steroid dienone is 1. The van der Waals surface area contributed by atoms with Crippen molar-refractivity contribution in [1.29, 1.82) is 0 Å². The Morgan fingerprint density at radius 3 is 3.00 bits per heavy atom. The number of fused-ring (bicyclic) bond motifs is 1. The Kier molecular flexibility index (Phi) is 2.22. The van der Waals surface area contributed by atoms with Crippen molar-refractivity contribution in [3.05, 3.63) is 42.5 Å². The molecule has 14 heavy (non-hydrogen) atoms. The maximum atomic E-state index is 10.3. The van der Waals surface area contributed by atoms with Crippen LogP contribution >= 0.6 is 0 Å². The molecule has 0 saturated carbocycles. The molecular weight excluding hydrogens is 174 g/mol. The molecule has 0 bridgehead atoms. The van der Waals surface area contributed by atoms with Crippen molar-refractivity contribution in [3.63, 3.8) is 0 Å². The van der Waals surface area contributed by atoms with Gasteiger partial charge in [0, 0.05) is 11.8 Å². The smallest absolute Gasteiger partial charge is 0.127 e. The lowest BCUT2D eigenvalue weighted by atomic mass is 9.91. The monoisotopic (exact) mass is 187 g/mol. The zero-order chi connectivity index (χ0) is 10.0. The molecule has 72 valence electrons. The van der Waals surface area contributed by atoms with Gasteiger partial charge in [-0.3, -0.25) is 4.99 Å². The molecular formula is C12H13NO. The summed E-state index contributed by atoms with van der Waals surface area (Å²) in [6.45, 7) is 3.65. The zero-order valence-corrected chi connectivity index (χ0v) is 7.98. The molecule has 0 fully saturated rings. The second-order valence-corrected chi connectivity index (χ2v) is 3.53. The molecule has 2 nitrogen and oxygen atoms in total. The van der Waals surface area contributed by atoms with Crippen LogP contribution < -0.4 is 0 Å². The molecule has 1 aliphatic heterocycles. The second-order valence-electron chi connectivity index (χ2n) is 3.53. The van der Waals surface area contributed by atoms with E-state index < -0.39 is 5.60 Å². The maximum Gasteiger partial charge on any atom is 0.127 e. The fourth-order valence-corrected chi connectivity index (χ4v) is 1.72. The molecule has 2 heteroatoms. The largest absolute Gasteiger partial charge is 0.379 e. The van der Waals surface area contributed by atoms with Crippen LogP contribution in [0.15, 0.2) is 41.9 Å². The summed E-state index contributed by atoms with van der Waals surface area (Å²) in [4.78, 5) is 4.20. The summed E-state index contributed by atoms with van der Waals surface area (Å²) in [5.41, 5.74) is 0.894. The summed E-state index contributed by atoms with van der Waals surface area (Å²) in [7, 11) is 0. The molecule has 0 aliphatic carbocycles. The van der Waals surface area contributed by atoms with E-state index in [9.17, 15) is 5.11 Å². The minimum absolute atomic E-state index is 0.650. The van der Waals surface area contributed by atoms with Crippen LogP contribution in [0.3, 0.4) is 0 Å². The fourth-order valence-electron chi connectivity index (χ4n) is 1.72. The first-order valence-electron chi connectivity index (χ1n) is 4.74. The van der Waals surface area contributed by atoms with Gasteiger partial charge in [0.25, 0.3) is 0 Å². The third-order valence-corrected chi connectivity index (χ3v) is 2.52. The molecule has 0 spiro atoms. The van der Waals surface area contributed by atoms with Crippen LogP contribution in [-0.4, -0.2) is 11.3 Å². The van der Waals surface area contributed by atoms with E-state index in [1.807, 2.05) is 30.3 Å². The molecule has 0 radical (unpaired) electrons. The molecule has 1 N–H and O–H groups in total. The van der Waals surface area contributed by atoms with Gasteiger partial charge in [0.2, 0.25) is 0 Å². The fraction of sp³-hybridized carbons (Fsp3) is 0.250. The number of benzene rings is 1. The number of nitrogens with zero attached hydrogens (tertiary/aromatic N) is 1. The normalized spacial score (nSPS) is 23.5. The van der Waals surface area contributed by atoms with Gasteiger partial charge in [-0.05, 0) is 18.9 Å².